The number of benzene rings is 1. The van der Waals surface area contributed by atoms with Gasteiger partial charge in [-0.3, -0.25) is 0 Å². The summed E-state index contributed by atoms with van der Waals surface area (Å²) in [6, 6.07) is 3.17. The molecule has 1 N–H and O–H groups in total. The number of hydrogen-bond donors (Lipinski definition) is 1. The molecule has 1 aromatic rings. The van der Waals surface area contributed by atoms with Crippen LogP contribution in [0.25, 0.3) is 0 Å². The minimum Gasteiger partial charge on any atom is -0.374 e. The van der Waals surface area contributed by atoms with Crippen molar-refractivity contribution in [3.8, 4) is 0 Å². The maximum Gasteiger partial charge on any atom is 0.243 e. The quantitative estimate of drug-likeness (QED) is 0.674. The molecule has 1 fully saturated rings. The second-order valence-electron chi connectivity index (χ2n) is 5.25. The van der Waals surface area contributed by atoms with Crippen LogP contribution in [-0.2, 0) is 14.8 Å². The van der Waals surface area contributed by atoms with E-state index in [0.717, 1.165) is 4.47 Å². The van der Waals surface area contributed by atoms with E-state index in [9.17, 15) is 8.42 Å². The Hall–Kier alpha value is 0.530. The van der Waals surface area contributed by atoms with Crippen LogP contribution in [0.3, 0.4) is 0 Å². The molecule has 8 heteroatoms. The van der Waals surface area contributed by atoms with Gasteiger partial charge in [-0.2, -0.15) is 0 Å². The maximum absolute atomic E-state index is 12.7. The van der Waals surface area contributed by atoms with E-state index in [0.29, 0.717) is 8.95 Å². The van der Waals surface area contributed by atoms with Gasteiger partial charge in [0, 0.05) is 19.3 Å². The molecule has 21 heavy (non-hydrogen) atoms. The van der Waals surface area contributed by atoms with E-state index in [2.05, 4.69) is 52.5 Å². The Kier molecular flexibility index (Phi) is 5.59. The Morgan fingerprint density at radius 3 is 2.00 bits per heavy atom. The first kappa shape index (κ1) is 17.9. The Morgan fingerprint density at radius 2 is 1.57 bits per heavy atom. The highest BCUT2D eigenvalue weighted by atomic mass is 79.9. The van der Waals surface area contributed by atoms with Gasteiger partial charge in [0.05, 0.1) is 18.2 Å². The van der Waals surface area contributed by atoms with Crippen LogP contribution in [0.4, 0.5) is 0 Å². The van der Waals surface area contributed by atoms with Crippen molar-refractivity contribution < 1.29 is 13.2 Å². The monoisotopic (exact) mass is 503 g/mol. The van der Waals surface area contributed by atoms with Crippen LogP contribution in [0.5, 0.6) is 0 Å². The van der Waals surface area contributed by atoms with E-state index >= 15 is 0 Å². The molecule has 0 bridgehead atoms. The second kappa shape index (κ2) is 6.57. The average Bonchev–Trinajstić information content (AvgIpc) is 2.53. The van der Waals surface area contributed by atoms with E-state index < -0.39 is 10.0 Å². The highest BCUT2D eigenvalue weighted by molar-refractivity contribution is 9.11. The van der Waals surface area contributed by atoms with Crippen molar-refractivity contribution in [3.63, 3.8) is 0 Å². The number of ether oxygens (including phenoxy) is 1. The Labute approximate surface area is 150 Å². The van der Waals surface area contributed by atoms with Crippen LogP contribution >= 0.6 is 47.8 Å². The summed E-state index contributed by atoms with van der Waals surface area (Å²) in [5.41, 5.74) is 0. The summed E-state index contributed by atoms with van der Waals surface area (Å²) in [6.07, 6.45) is -0.123. The fourth-order valence-corrected chi connectivity index (χ4v) is 7.54. The smallest absolute Gasteiger partial charge is 0.243 e. The lowest BCUT2D eigenvalue weighted by atomic mass is 9.98. The summed E-state index contributed by atoms with van der Waals surface area (Å²) >= 11 is 9.96. The minimum atomic E-state index is -3.66. The molecular formula is C13H16Br3NO3S. The van der Waals surface area contributed by atoms with Gasteiger partial charge in [-0.05, 0) is 57.8 Å². The number of rotatable bonds is 3. The lowest BCUT2D eigenvalue weighted by molar-refractivity contribution is 0.0552. The summed E-state index contributed by atoms with van der Waals surface area (Å²) in [5.74, 6) is 0.114. The normalized spacial score (nSPS) is 29.8. The van der Waals surface area contributed by atoms with E-state index in [1.54, 1.807) is 12.1 Å². The van der Waals surface area contributed by atoms with Crippen molar-refractivity contribution >= 4 is 57.8 Å². The van der Waals surface area contributed by atoms with E-state index in [1.165, 1.54) is 0 Å². The van der Waals surface area contributed by atoms with Crippen molar-refractivity contribution in [2.75, 3.05) is 0 Å². The molecule has 4 nitrogen and oxygen atoms in total. The molecule has 0 aliphatic carbocycles. The van der Waals surface area contributed by atoms with Crippen LogP contribution in [0.2, 0.25) is 0 Å². The number of halogens is 3. The van der Waals surface area contributed by atoms with Crippen molar-refractivity contribution in [2.45, 2.75) is 43.9 Å². The number of nitrogens with one attached hydrogen (secondary N) is 1. The molecule has 4 atom stereocenters. The molecule has 1 saturated heterocycles. The predicted octanol–water partition coefficient (Wildman–Crippen LogP) is 4.06. The predicted molar refractivity (Wildman–Crippen MR) is 92.8 cm³/mol. The molecule has 1 aliphatic heterocycles. The molecular weight excluding hydrogens is 490 g/mol. The maximum atomic E-state index is 12.7. The molecule has 0 spiro atoms. The zero-order valence-corrected chi connectivity index (χ0v) is 17.3. The lowest BCUT2D eigenvalue weighted by Crippen LogP contribution is -2.43. The van der Waals surface area contributed by atoms with Crippen LogP contribution in [0, 0.1) is 5.92 Å². The Balaban J connectivity index is 2.36. The van der Waals surface area contributed by atoms with Gasteiger partial charge in [0.25, 0.3) is 0 Å². The third kappa shape index (κ3) is 3.72. The summed E-state index contributed by atoms with van der Waals surface area (Å²) in [4.78, 5) is 0.199. The molecule has 0 radical (unpaired) electrons. The van der Waals surface area contributed by atoms with Gasteiger partial charge in [-0.1, -0.05) is 22.9 Å². The van der Waals surface area contributed by atoms with Crippen LogP contribution < -0.4 is 4.72 Å². The SMILES string of the molecule is CC1OC(C)C(NS(=O)(=O)c2c(Br)cc(Br)cc2Br)C1C. The third-order valence-corrected chi connectivity index (χ3v) is 7.56. The molecule has 0 aromatic heterocycles. The average molecular weight is 506 g/mol. The van der Waals surface area contributed by atoms with Gasteiger partial charge in [0.2, 0.25) is 10.0 Å². The highest BCUT2D eigenvalue weighted by Gasteiger charge is 2.40. The summed E-state index contributed by atoms with van der Waals surface area (Å²) in [6.45, 7) is 5.84. The fourth-order valence-electron chi connectivity index (χ4n) is 2.49. The van der Waals surface area contributed by atoms with E-state index in [4.69, 9.17) is 4.74 Å². The summed E-state index contributed by atoms with van der Waals surface area (Å²) < 4.78 is 35.7. The third-order valence-electron chi connectivity index (χ3n) is 3.76. The first-order valence-corrected chi connectivity index (χ1v) is 10.3. The Bertz CT molecular complexity index is 627. The molecule has 4 unspecified atom stereocenters. The van der Waals surface area contributed by atoms with Gasteiger partial charge in [-0.15, -0.1) is 0 Å². The van der Waals surface area contributed by atoms with Gasteiger partial charge >= 0.3 is 0 Å². The van der Waals surface area contributed by atoms with Crippen molar-refractivity contribution in [3.05, 3.63) is 25.6 Å². The van der Waals surface area contributed by atoms with Gasteiger partial charge in [0.1, 0.15) is 4.90 Å². The van der Waals surface area contributed by atoms with Crippen molar-refractivity contribution in [1.29, 1.82) is 0 Å². The summed E-state index contributed by atoms with van der Waals surface area (Å²) in [7, 11) is -3.66. The Morgan fingerprint density at radius 1 is 1.05 bits per heavy atom. The van der Waals surface area contributed by atoms with Crippen LogP contribution in [0.1, 0.15) is 20.8 Å². The zero-order chi connectivity index (χ0) is 15.9. The van der Waals surface area contributed by atoms with Gasteiger partial charge in [0.15, 0.2) is 0 Å². The molecule has 1 aromatic carbocycles. The standard InChI is InChI=1S/C13H16Br3NO3S/c1-6-7(2)20-8(3)12(6)17-21(18,19)13-10(15)4-9(14)5-11(13)16/h4-8,12,17H,1-3H3. The van der Waals surface area contributed by atoms with E-state index in [-0.39, 0.29) is 29.1 Å². The first-order chi connectivity index (χ1) is 9.63. The second-order valence-corrected chi connectivity index (χ2v) is 9.53. The molecule has 1 heterocycles. The topological polar surface area (TPSA) is 55.4 Å². The molecule has 0 amide bonds. The van der Waals surface area contributed by atoms with Crippen molar-refractivity contribution in [2.24, 2.45) is 5.92 Å². The molecule has 1 aliphatic rings. The van der Waals surface area contributed by atoms with E-state index in [1.807, 2.05) is 20.8 Å². The largest absolute Gasteiger partial charge is 0.374 e. The lowest BCUT2D eigenvalue weighted by Gasteiger charge is -2.21. The summed E-state index contributed by atoms with van der Waals surface area (Å²) in [5, 5.41) is 0. The minimum absolute atomic E-state index is 0.0319. The van der Waals surface area contributed by atoms with Crippen LogP contribution in [-0.4, -0.2) is 26.7 Å². The number of sulfonamides is 1. The highest BCUT2D eigenvalue weighted by Crippen LogP contribution is 2.35. The van der Waals surface area contributed by atoms with Gasteiger partial charge in [-0.25, -0.2) is 13.1 Å². The molecule has 0 saturated carbocycles. The van der Waals surface area contributed by atoms with Crippen LogP contribution in [0.15, 0.2) is 30.4 Å². The fraction of sp³-hybridized carbons (Fsp3) is 0.538. The molecule has 118 valence electrons. The van der Waals surface area contributed by atoms with Crippen molar-refractivity contribution in [1.82, 2.24) is 4.72 Å². The first-order valence-electron chi connectivity index (χ1n) is 6.46. The zero-order valence-electron chi connectivity index (χ0n) is 11.7. The van der Waals surface area contributed by atoms with Gasteiger partial charge < -0.3 is 4.74 Å². The molecule has 2 rings (SSSR count). The number of hydrogen-bond acceptors (Lipinski definition) is 3.